The molecular formula is C75H51N. The van der Waals surface area contributed by atoms with E-state index in [9.17, 15) is 0 Å². The highest BCUT2D eigenvalue weighted by atomic mass is 15.1. The second-order valence-corrected chi connectivity index (χ2v) is 19.9. The van der Waals surface area contributed by atoms with Crippen LogP contribution in [-0.4, -0.2) is 0 Å². The highest BCUT2D eigenvalue weighted by Crippen LogP contribution is 2.57. The van der Waals surface area contributed by atoms with E-state index in [4.69, 9.17) is 0 Å². The van der Waals surface area contributed by atoms with E-state index in [-0.39, 0.29) is 0 Å². The minimum absolute atomic E-state index is 0.566. The lowest BCUT2D eigenvalue weighted by Crippen LogP contribution is -2.28. The summed E-state index contributed by atoms with van der Waals surface area (Å²) in [6.45, 7) is 0. The summed E-state index contributed by atoms with van der Waals surface area (Å²) in [5.74, 6) is 0. The van der Waals surface area contributed by atoms with Gasteiger partial charge in [-0.25, -0.2) is 0 Å². The molecule has 0 spiro atoms. The van der Waals surface area contributed by atoms with Crippen molar-refractivity contribution in [2.45, 2.75) is 5.41 Å². The number of fused-ring (bicyclic) bond motifs is 6. The maximum absolute atomic E-state index is 2.49. The number of benzene rings is 13. The molecule has 0 aromatic heterocycles. The number of anilines is 3. The Kier molecular flexibility index (Phi) is 11.2. The van der Waals surface area contributed by atoms with Gasteiger partial charge in [0.05, 0.1) is 5.41 Å². The summed E-state index contributed by atoms with van der Waals surface area (Å²) in [5.41, 5.74) is 22.0. The van der Waals surface area contributed by atoms with Crippen LogP contribution in [0.4, 0.5) is 17.1 Å². The van der Waals surface area contributed by atoms with Crippen molar-refractivity contribution in [2.75, 3.05) is 4.90 Å². The molecule has 1 nitrogen and oxygen atoms in total. The van der Waals surface area contributed by atoms with E-state index in [0.717, 1.165) is 39.3 Å². The largest absolute Gasteiger partial charge is 0.310 e. The second kappa shape index (κ2) is 18.9. The fourth-order valence-corrected chi connectivity index (χ4v) is 12.4. The van der Waals surface area contributed by atoms with Gasteiger partial charge in [0.25, 0.3) is 0 Å². The molecule has 14 rings (SSSR count). The molecule has 1 aliphatic carbocycles. The topological polar surface area (TPSA) is 3.24 Å². The standard InChI is InChI=1S/C75H51N/c1-7-24-52(25-8-1)58-46-59(53-26-9-2-10-27-53)49-64(48-58)76(63-43-45-68-67-39-21-22-41-71(67)75(72(68)51-63,60-33-15-5-16-34-60)61-35-17-6-18-36-61)62-37-23-32-56(47-62)57-42-44-66-65-38-19-20-40-69(65)73(54-28-11-3-12-29-54)74(70(66)50-57)55-30-13-4-14-31-55/h1-51H. The smallest absolute Gasteiger partial charge is 0.0714 e. The Labute approximate surface area is 444 Å². The zero-order valence-corrected chi connectivity index (χ0v) is 41.9. The molecule has 0 fully saturated rings. The van der Waals surface area contributed by atoms with Gasteiger partial charge in [-0.15, -0.1) is 0 Å². The first-order valence-electron chi connectivity index (χ1n) is 26.3. The summed E-state index contributed by atoms with van der Waals surface area (Å²) in [4.78, 5) is 2.49. The lowest BCUT2D eigenvalue weighted by molar-refractivity contribution is 0.768. The van der Waals surface area contributed by atoms with Gasteiger partial charge in [-0.05, 0) is 159 Å². The van der Waals surface area contributed by atoms with Crippen molar-refractivity contribution in [2.24, 2.45) is 0 Å². The van der Waals surface area contributed by atoms with Gasteiger partial charge in [-0.3, -0.25) is 0 Å². The molecule has 356 valence electrons. The molecule has 0 N–H and O–H groups in total. The number of hydrogen-bond acceptors (Lipinski definition) is 1. The van der Waals surface area contributed by atoms with E-state index in [1.54, 1.807) is 0 Å². The van der Waals surface area contributed by atoms with Crippen molar-refractivity contribution >= 4 is 38.6 Å². The lowest BCUT2D eigenvalue weighted by atomic mass is 9.67. The number of hydrogen-bond donors (Lipinski definition) is 0. The minimum Gasteiger partial charge on any atom is -0.310 e. The first-order chi connectivity index (χ1) is 37.7. The van der Waals surface area contributed by atoms with Gasteiger partial charge in [0.1, 0.15) is 0 Å². The molecule has 0 unspecified atom stereocenters. The quantitative estimate of drug-likeness (QED) is 0.123. The Morgan fingerprint density at radius 3 is 1.25 bits per heavy atom. The van der Waals surface area contributed by atoms with Gasteiger partial charge >= 0.3 is 0 Å². The van der Waals surface area contributed by atoms with Crippen molar-refractivity contribution in [3.05, 3.63) is 332 Å². The van der Waals surface area contributed by atoms with Crippen molar-refractivity contribution in [1.29, 1.82) is 0 Å². The van der Waals surface area contributed by atoms with Gasteiger partial charge in [0, 0.05) is 17.1 Å². The third-order valence-electron chi connectivity index (χ3n) is 15.7. The van der Waals surface area contributed by atoms with Crippen LogP contribution in [0.25, 0.3) is 88.3 Å². The molecule has 0 heterocycles. The number of nitrogens with zero attached hydrogens (tertiary/aromatic N) is 1. The van der Waals surface area contributed by atoms with E-state index >= 15 is 0 Å². The van der Waals surface area contributed by atoms with E-state index < -0.39 is 5.41 Å². The first-order valence-corrected chi connectivity index (χ1v) is 26.3. The molecule has 76 heavy (non-hydrogen) atoms. The maximum atomic E-state index is 2.49. The van der Waals surface area contributed by atoms with Gasteiger partial charge < -0.3 is 4.90 Å². The molecule has 0 aliphatic heterocycles. The van der Waals surface area contributed by atoms with Gasteiger partial charge in [0.15, 0.2) is 0 Å². The molecule has 0 bridgehead atoms. The van der Waals surface area contributed by atoms with Gasteiger partial charge in [-0.2, -0.15) is 0 Å². The van der Waals surface area contributed by atoms with Crippen LogP contribution in [0.15, 0.2) is 309 Å². The molecule has 0 radical (unpaired) electrons. The minimum atomic E-state index is -0.566. The van der Waals surface area contributed by atoms with Crippen LogP contribution < -0.4 is 4.90 Å². The molecule has 1 aliphatic rings. The zero-order chi connectivity index (χ0) is 50.4. The zero-order valence-electron chi connectivity index (χ0n) is 41.9. The Balaban J connectivity index is 1.02. The van der Waals surface area contributed by atoms with Crippen molar-refractivity contribution in [3.8, 4) is 66.8 Å². The normalized spacial score (nSPS) is 12.3. The van der Waals surface area contributed by atoms with Crippen molar-refractivity contribution in [1.82, 2.24) is 0 Å². The summed E-state index contributed by atoms with van der Waals surface area (Å²) in [5, 5.41) is 4.96. The van der Waals surface area contributed by atoms with E-state index in [1.165, 1.54) is 88.3 Å². The van der Waals surface area contributed by atoms with Gasteiger partial charge in [-0.1, -0.05) is 261 Å². The average Bonchev–Trinajstić information content (AvgIpc) is 3.83. The van der Waals surface area contributed by atoms with Crippen LogP contribution in [-0.2, 0) is 5.41 Å². The molecular weight excluding hydrogens is 915 g/mol. The summed E-state index contributed by atoms with van der Waals surface area (Å²) in [6.07, 6.45) is 0. The Bertz CT molecular complexity index is 4150. The molecule has 1 heteroatoms. The Hall–Kier alpha value is -9.82. The van der Waals surface area contributed by atoms with Crippen LogP contribution in [0.3, 0.4) is 0 Å². The van der Waals surface area contributed by atoms with Crippen LogP contribution in [0, 0.1) is 0 Å². The van der Waals surface area contributed by atoms with E-state index in [2.05, 4.69) is 314 Å². The first kappa shape index (κ1) is 44.8. The van der Waals surface area contributed by atoms with Crippen LogP contribution in [0.5, 0.6) is 0 Å². The molecule has 13 aromatic rings. The van der Waals surface area contributed by atoms with Crippen LogP contribution in [0.1, 0.15) is 22.3 Å². The Morgan fingerprint density at radius 2 is 0.645 bits per heavy atom. The molecule has 13 aromatic carbocycles. The number of rotatable bonds is 10. The SMILES string of the molecule is c1ccc(-c2cc(-c3ccccc3)cc(N(c3cccc(-c4ccc5c(c4)c(-c4ccccc4)c(-c4ccccc4)c4ccccc45)c3)c3ccc4c(c3)C(c3ccccc3)(c3ccccc3)c3ccccc3-4)c2)cc1. The van der Waals surface area contributed by atoms with E-state index in [0.29, 0.717) is 0 Å². The summed E-state index contributed by atoms with van der Waals surface area (Å²) < 4.78 is 0. The third-order valence-corrected chi connectivity index (χ3v) is 15.7. The maximum Gasteiger partial charge on any atom is 0.0714 e. The summed E-state index contributed by atoms with van der Waals surface area (Å²) in [7, 11) is 0. The van der Waals surface area contributed by atoms with Crippen LogP contribution in [0.2, 0.25) is 0 Å². The fraction of sp³-hybridized carbons (Fsp3) is 0.0133. The van der Waals surface area contributed by atoms with Crippen LogP contribution >= 0.6 is 0 Å². The fourth-order valence-electron chi connectivity index (χ4n) is 12.4. The molecule has 0 saturated heterocycles. The monoisotopic (exact) mass is 965 g/mol. The molecule has 0 atom stereocenters. The van der Waals surface area contributed by atoms with Gasteiger partial charge in [0.2, 0.25) is 0 Å². The molecule has 0 amide bonds. The summed E-state index contributed by atoms with van der Waals surface area (Å²) in [6, 6.07) is 114. The lowest BCUT2D eigenvalue weighted by Gasteiger charge is -2.35. The highest BCUT2D eigenvalue weighted by molar-refractivity contribution is 6.22. The predicted molar refractivity (Wildman–Crippen MR) is 321 cm³/mol. The Morgan fingerprint density at radius 1 is 0.211 bits per heavy atom. The average molecular weight is 966 g/mol. The van der Waals surface area contributed by atoms with Crippen molar-refractivity contribution < 1.29 is 0 Å². The summed E-state index contributed by atoms with van der Waals surface area (Å²) >= 11 is 0. The van der Waals surface area contributed by atoms with E-state index in [1.807, 2.05) is 0 Å². The van der Waals surface area contributed by atoms with Crippen molar-refractivity contribution in [3.63, 3.8) is 0 Å². The highest BCUT2D eigenvalue weighted by Gasteiger charge is 2.46. The molecule has 0 saturated carbocycles. The second-order valence-electron chi connectivity index (χ2n) is 19.9. The predicted octanol–water partition coefficient (Wildman–Crippen LogP) is 20.2. The third kappa shape index (κ3) is 7.55.